The third kappa shape index (κ3) is 5.51. The minimum Gasteiger partial charge on any atom is -0.469 e. The standard InChI is InChI=1S/C17H17Cl2F4N3O2/c1-9(2)7-28-25-13(11-5-4-10(18)6-12(11)19)8-27-16-14(20)15(17(21,22)23)24-26(16)3/h4-6,9H,7-8H2,1-3H3/b25-13-. The molecule has 0 fully saturated rings. The van der Waals surface area contributed by atoms with Crippen LogP contribution in [-0.4, -0.2) is 28.7 Å². The van der Waals surface area contributed by atoms with E-state index in [0.29, 0.717) is 15.3 Å². The molecule has 0 saturated heterocycles. The van der Waals surface area contributed by atoms with Crippen LogP contribution in [0.15, 0.2) is 23.4 Å². The van der Waals surface area contributed by atoms with Crippen LogP contribution >= 0.6 is 23.2 Å². The molecule has 0 aliphatic heterocycles. The van der Waals surface area contributed by atoms with E-state index < -0.39 is 30.2 Å². The number of hydrogen-bond acceptors (Lipinski definition) is 4. The van der Waals surface area contributed by atoms with Crippen LogP contribution < -0.4 is 4.74 Å². The maximum absolute atomic E-state index is 14.1. The Labute approximate surface area is 168 Å². The normalized spacial score (nSPS) is 12.6. The summed E-state index contributed by atoms with van der Waals surface area (Å²) in [5.41, 5.74) is -1.13. The molecule has 2 aromatic rings. The summed E-state index contributed by atoms with van der Waals surface area (Å²) < 4.78 is 58.4. The number of nitrogens with zero attached hydrogens (tertiary/aromatic N) is 3. The number of oxime groups is 1. The number of alkyl halides is 3. The molecule has 1 heterocycles. The maximum atomic E-state index is 14.1. The van der Waals surface area contributed by atoms with Crippen molar-refractivity contribution in [1.82, 2.24) is 9.78 Å². The first-order chi connectivity index (χ1) is 13.0. The molecule has 0 aliphatic rings. The highest BCUT2D eigenvalue weighted by atomic mass is 35.5. The Balaban J connectivity index is 2.30. The zero-order chi connectivity index (χ0) is 21.1. The van der Waals surface area contributed by atoms with Gasteiger partial charge in [-0.3, -0.25) is 0 Å². The van der Waals surface area contributed by atoms with E-state index in [9.17, 15) is 17.6 Å². The van der Waals surface area contributed by atoms with Gasteiger partial charge in [0.05, 0.1) is 5.02 Å². The highest BCUT2D eigenvalue weighted by Crippen LogP contribution is 2.34. The van der Waals surface area contributed by atoms with Gasteiger partial charge in [-0.2, -0.15) is 22.7 Å². The van der Waals surface area contributed by atoms with Gasteiger partial charge >= 0.3 is 6.18 Å². The Bertz CT molecular complexity index is 867. The lowest BCUT2D eigenvalue weighted by molar-refractivity contribution is -0.143. The Hall–Kier alpha value is -2.00. The van der Waals surface area contributed by atoms with Gasteiger partial charge in [-0.1, -0.05) is 42.2 Å². The molecule has 0 bridgehead atoms. The average molecular weight is 442 g/mol. The summed E-state index contributed by atoms with van der Waals surface area (Å²) in [5.74, 6) is -2.12. The van der Waals surface area contributed by atoms with Crippen LogP contribution in [0, 0.1) is 11.7 Å². The quantitative estimate of drug-likeness (QED) is 0.331. The summed E-state index contributed by atoms with van der Waals surface area (Å²) in [7, 11) is 1.13. The van der Waals surface area contributed by atoms with E-state index in [1.54, 1.807) is 12.1 Å². The van der Waals surface area contributed by atoms with E-state index in [1.165, 1.54) is 6.07 Å². The second-order valence-electron chi connectivity index (χ2n) is 6.23. The van der Waals surface area contributed by atoms with Gasteiger partial charge in [0, 0.05) is 17.6 Å². The topological polar surface area (TPSA) is 48.6 Å². The molecule has 0 unspecified atom stereocenters. The van der Waals surface area contributed by atoms with Crippen LogP contribution in [0.3, 0.4) is 0 Å². The molecule has 0 N–H and O–H groups in total. The van der Waals surface area contributed by atoms with Gasteiger partial charge in [-0.25, -0.2) is 4.68 Å². The number of rotatable bonds is 7. The number of aryl methyl sites for hydroxylation is 1. The van der Waals surface area contributed by atoms with Crippen molar-refractivity contribution in [1.29, 1.82) is 0 Å². The molecule has 0 amide bonds. The summed E-state index contributed by atoms with van der Waals surface area (Å²) >= 11 is 12.0. The van der Waals surface area contributed by atoms with E-state index in [4.69, 9.17) is 32.8 Å². The second kappa shape index (κ2) is 9.00. The van der Waals surface area contributed by atoms with Crippen LogP contribution in [0.1, 0.15) is 25.1 Å². The van der Waals surface area contributed by atoms with Crippen molar-refractivity contribution in [3.05, 3.63) is 45.3 Å². The molecule has 28 heavy (non-hydrogen) atoms. The van der Waals surface area contributed by atoms with Crippen LogP contribution in [-0.2, 0) is 18.1 Å². The fourth-order valence-electron chi connectivity index (χ4n) is 2.10. The predicted molar refractivity (Wildman–Crippen MR) is 97.5 cm³/mol. The fraction of sp³-hybridized carbons (Fsp3) is 0.412. The first-order valence-corrected chi connectivity index (χ1v) is 8.83. The number of hydrogen-bond donors (Lipinski definition) is 0. The third-order valence-electron chi connectivity index (χ3n) is 3.38. The molecule has 1 aromatic carbocycles. The van der Waals surface area contributed by atoms with Crippen LogP contribution in [0.2, 0.25) is 10.0 Å². The molecule has 0 atom stereocenters. The van der Waals surface area contributed by atoms with E-state index >= 15 is 0 Å². The fourth-order valence-corrected chi connectivity index (χ4v) is 2.62. The first kappa shape index (κ1) is 22.3. The van der Waals surface area contributed by atoms with Gasteiger partial charge in [-0.05, 0) is 24.1 Å². The summed E-state index contributed by atoms with van der Waals surface area (Å²) in [6.45, 7) is 3.69. The summed E-state index contributed by atoms with van der Waals surface area (Å²) in [5, 5.41) is 7.67. The lowest BCUT2D eigenvalue weighted by atomic mass is 10.1. The maximum Gasteiger partial charge on any atom is 0.438 e. The zero-order valence-electron chi connectivity index (χ0n) is 15.1. The van der Waals surface area contributed by atoms with Gasteiger partial charge in [0.1, 0.15) is 18.9 Å². The number of aromatic nitrogens is 2. The Morgan fingerprint density at radius 2 is 1.96 bits per heavy atom. The summed E-state index contributed by atoms with van der Waals surface area (Å²) in [6.07, 6.45) is -4.94. The second-order valence-corrected chi connectivity index (χ2v) is 7.07. The first-order valence-electron chi connectivity index (χ1n) is 8.07. The molecule has 0 radical (unpaired) electrons. The number of ether oxygens (including phenoxy) is 1. The molecule has 1 aromatic heterocycles. The van der Waals surface area contributed by atoms with Crippen molar-refractivity contribution in [3.8, 4) is 5.88 Å². The van der Waals surface area contributed by atoms with Crippen LogP contribution in [0.5, 0.6) is 5.88 Å². The lowest BCUT2D eigenvalue weighted by Crippen LogP contribution is -2.16. The summed E-state index contributed by atoms with van der Waals surface area (Å²) in [4.78, 5) is 5.23. The molecule has 5 nitrogen and oxygen atoms in total. The van der Waals surface area contributed by atoms with Crippen molar-refractivity contribution in [2.45, 2.75) is 20.0 Å². The van der Waals surface area contributed by atoms with Gasteiger partial charge in [0.15, 0.2) is 0 Å². The molecule has 0 aliphatic carbocycles. The van der Waals surface area contributed by atoms with Gasteiger partial charge in [0.25, 0.3) is 0 Å². The summed E-state index contributed by atoms with van der Waals surface area (Å²) in [6, 6.07) is 4.56. The smallest absolute Gasteiger partial charge is 0.438 e. The minimum atomic E-state index is -4.94. The van der Waals surface area contributed by atoms with Crippen molar-refractivity contribution in [3.63, 3.8) is 0 Å². The molecule has 2 rings (SSSR count). The van der Waals surface area contributed by atoms with Gasteiger partial charge < -0.3 is 9.57 Å². The van der Waals surface area contributed by atoms with Gasteiger partial charge in [-0.15, -0.1) is 0 Å². The Morgan fingerprint density at radius 1 is 1.29 bits per heavy atom. The minimum absolute atomic E-state index is 0.150. The molecule has 0 saturated carbocycles. The highest BCUT2D eigenvalue weighted by Gasteiger charge is 2.40. The predicted octanol–water partition coefficient (Wildman–Crippen LogP) is 5.34. The monoisotopic (exact) mass is 441 g/mol. The number of benzene rings is 1. The van der Waals surface area contributed by atoms with E-state index in [-0.39, 0.29) is 23.3 Å². The SMILES string of the molecule is CC(C)CO/N=C(/COc1c(F)c(C(F)(F)F)nn1C)c1ccc(Cl)cc1Cl. The van der Waals surface area contributed by atoms with Gasteiger partial charge in [0.2, 0.25) is 17.4 Å². The van der Waals surface area contributed by atoms with Crippen molar-refractivity contribution in [2.24, 2.45) is 18.1 Å². The Kier molecular flexibility index (Phi) is 7.16. The van der Waals surface area contributed by atoms with E-state index in [2.05, 4.69) is 10.3 Å². The Morgan fingerprint density at radius 3 is 2.50 bits per heavy atom. The average Bonchev–Trinajstić information content (AvgIpc) is 2.86. The van der Waals surface area contributed by atoms with Crippen molar-refractivity contribution >= 4 is 28.9 Å². The molecule has 11 heteroatoms. The molecular weight excluding hydrogens is 425 g/mol. The number of halogens is 6. The van der Waals surface area contributed by atoms with E-state index in [0.717, 1.165) is 7.05 Å². The molecular formula is C17H17Cl2F4N3O2. The van der Waals surface area contributed by atoms with Crippen LogP contribution in [0.4, 0.5) is 17.6 Å². The van der Waals surface area contributed by atoms with Crippen molar-refractivity contribution in [2.75, 3.05) is 13.2 Å². The van der Waals surface area contributed by atoms with Crippen LogP contribution in [0.25, 0.3) is 0 Å². The van der Waals surface area contributed by atoms with Crippen molar-refractivity contribution < 1.29 is 27.1 Å². The largest absolute Gasteiger partial charge is 0.469 e. The molecule has 0 spiro atoms. The molecule has 154 valence electrons. The highest BCUT2D eigenvalue weighted by molar-refractivity contribution is 6.37. The third-order valence-corrected chi connectivity index (χ3v) is 3.93. The van der Waals surface area contributed by atoms with E-state index in [1.807, 2.05) is 13.8 Å². The zero-order valence-corrected chi connectivity index (χ0v) is 16.7. The lowest BCUT2D eigenvalue weighted by Gasteiger charge is -2.12.